The molecule has 0 aliphatic carbocycles. The van der Waals surface area contributed by atoms with Crippen molar-refractivity contribution in [3.8, 4) is 11.5 Å². The Morgan fingerprint density at radius 2 is 2.00 bits per heavy atom. The van der Waals surface area contributed by atoms with E-state index in [4.69, 9.17) is 14.5 Å². The minimum absolute atomic E-state index is 0.0233. The van der Waals surface area contributed by atoms with Crippen LogP contribution in [0.2, 0.25) is 0 Å². The molecule has 2 aromatic heterocycles. The van der Waals surface area contributed by atoms with Gasteiger partial charge < -0.3 is 19.3 Å². The van der Waals surface area contributed by atoms with Crippen LogP contribution in [-0.4, -0.2) is 63.5 Å². The summed E-state index contributed by atoms with van der Waals surface area (Å²) in [5, 5.41) is 2.08. The van der Waals surface area contributed by atoms with E-state index in [1.54, 1.807) is 25.6 Å². The number of aromatic nitrogens is 2. The van der Waals surface area contributed by atoms with Gasteiger partial charge in [-0.1, -0.05) is 19.6 Å². The lowest BCUT2D eigenvalue weighted by Gasteiger charge is -2.45. The Morgan fingerprint density at radius 1 is 1.19 bits per heavy atom. The van der Waals surface area contributed by atoms with Crippen LogP contribution < -0.4 is 9.47 Å². The number of likely N-dealkylation sites (tertiary alicyclic amines) is 1. The highest BCUT2D eigenvalue weighted by atomic mass is 32.1. The third kappa shape index (κ3) is 3.53. The first-order valence-corrected chi connectivity index (χ1v) is 13.7. The van der Waals surface area contributed by atoms with Crippen LogP contribution in [0, 0.1) is 0 Å². The van der Waals surface area contributed by atoms with Gasteiger partial charge in [-0.25, -0.2) is 4.98 Å². The van der Waals surface area contributed by atoms with Gasteiger partial charge in [-0.05, 0) is 31.4 Å². The molecule has 3 aliphatic rings. The number of ether oxygens (including phenoxy) is 2. The Balaban J connectivity index is 1.30. The molecule has 3 aromatic rings. The summed E-state index contributed by atoms with van der Waals surface area (Å²) in [6.07, 6.45) is 8.88. The molecule has 0 bridgehead atoms. The van der Waals surface area contributed by atoms with Gasteiger partial charge in [0.2, 0.25) is 0 Å². The number of allylic oxidation sites excluding steroid dienone is 1. The van der Waals surface area contributed by atoms with Crippen LogP contribution in [0.25, 0.3) is 4.96 Å². The molecule has 1 atom stereocenters. The zero-order valence-corrected chi connectivity index (χ0v) is 22.5. The number of thiazole rings is 1. The predicted octanol–water partition coefficient (Wildman–Crippen LogP) is 5.06. The lowest BCUT2D eigenvalue weighted by molar-refractivity contribution is 0.0885. The summed E-state index contributed by atoms with van der Waals surface area (Å²) in [6.45, 7) is 13.9. The number of hydrogen-bond donors (Lipinski definition) is 0. The van der Waals surface area contributed by atoms with E-state index in [0.717, 1.165) is 73.5 Å². The van der Waals surface area contributed by atoms with Gasteiger partial charge in [-0.15, -0.1) is 11.3 Å². The third-order valence-corrected chi connectivity index (χ3v) is 9.05. The van der Waals surface area contributed by atoms with Gasteiger partial charge in [0, 0.05) is 73.7 Å². The summed E-state index contributed by atoms with van der Waals surface area (Å²) in [5.74, 6) is 3.07. The van der Waals surface area contributed by atoms with E-state index >= 15 is 0 Å². The third-order valence-electron chi connectivity index (χ3n) is 8.28. The molecule has 8 heteroatoms. The Hall–Kier alpha value is -2.97. The molecule has 0 amide bonds. The Bertz CT molecular complexity index is 1300. The molecule has 36 heavy (non-hydrogen) atoms. The second-order valence-corrected chi connectivity index (χ2v) is 11.0. The number of imidazole rings is 1. The number of fused-ring (bicyclic) bond motifs is 4. The maximum atomic E-state index is 5.82. The highest BCUT2D eigenvalue weighted by Crippen LogP contribution is 2.51. The first kappa shape index (κ1) is 23.4. The van der Waals surface area contributed by atoms with Crippen LogP contribution in [0.4, 0.5) is 0 Å². The molecule has 1 spiro atoms. The largest absolute Gasteiger partial charge is 0.497 e. The van der Waals surface area contributed by atoms with Crippen LogP contribution in [0.3, 0.4) is 0 Å². The van der Waals surface area contributed by atoms with Gasteiger partial charge >= 0.3 is 0 Å². The van der Waals surface area contributed by atoms with Crippen LogP contribution in [0.5, 0.6) is 11.5 Å². The van der Waals surface area contributed by atoms with Gasteiger partial charge in [0.1, 0.15) is 17.3 Å². The minimum Gasteiger partial charge on any atom is -0.497 e. The lowest BCUT2D eigenvalue weighted by Crippen LogP contribution is -2.52. The standard InChI is InChI=1S/C28H35N5O2S/c1-6-33-20(3)32-16-21-14-23(34-4)15-24(35-5)26(21)19(2)13-25(32)28(33)7-9-30(10-8-28)17-22-18-31-11-12-36-27(31)29-22/h11-15,18-19H,3,6-10,16-17H2,1-2,4-5H3/t19-/m0/s1. The van der Waals surface area contributed by atoms with Crippen molar-refractivity contribution in [2.45, 2.75) is 51.2 Å². The summed E-state index contributed by atoms with van der Waals surface area (Å²) < 4.78 is 13.6. The van der Waals surface area contributed by atoms with E-state index in [1.807, 2.05) is 6.07 Å². The van der Waals surface area contributed by atoms with E-state index in [1.165, 1.54) is 16.8 Å². The van der Waals surface area contributed by atoms with Gasteiger partial charge in [0.25, 0.3) is 0 Å². The second-order valence-electron chi connectivity index (χ2n) is 10.1. The van der Waals surface area contributed by atoms with E-state index in [0.29, 0.717) is 0 Å². The molecule has 0 N–H and O–H groups in total. The highest BCUT2D eigenvalue weighted by Gasteiger charge is 2.52. The first-order chi connectivity index (χ1) is 17.5. The molecule has 7 nitrogen and oxygen atoms in total. The molecular formula is C28H35N5O2S. The van der Waals surface area contributed by atoms with E-state index in [2.05, 4.69) is 69.4 Å². The average molecular weight is 506 g/mol. The van der Waals surface area contributed by atoms with Crippen molar-refractivity contribution >= 4 is 16.3 Å². The second kappa shape index (κ2) is 8.85. The molecule has 0 radical (unpaired) electrons. The van der Waals surface area contributed by atoms with Gasteiger partial charge in [0.05, 0.1) is 25.5 Å². The number of piperidine rings is 1. The highest BCUT2D eigenvalue weighted by molar-refractivity contribution is 7.15. The van der Waals surface area contributed by atoms with Crippen molar-refractivity contribution in [1.29, 1.82) is 0 Å². The fraction of sp³-hybridized carbons (Fsp3) is 0.464. The molecule has 6 rings (SSSR count). The molecule has 0 saturated carbocycles. The van der Waals surface area contributed by atoms with Crippen molar-refractivity contribution in [3.05, 3.63) is 70.9 Å². The summed E-state index contributed by atoms with van der Waals surface area (Å²) in [7, 11) is 3.47. The van der Waals surface area contributed by atoms with Crippen molar-refractivity contribution in [1.82, 2.24) is 24.1 Å². The number of nitrogens with zero attached hydrogens (tertiary/aromatic N) is 5. The van der Waals surface area contributed by atoms with E-state index in [9.17, 15) is 0 Å². The van der Waals surface area contributed by atoms with Gasteiger partial charge in [-0.2, -0.15) is 0 Å². The van der Waals surface area contributed by atoms with Crippen molar-refractivity contribution < 1.29 is 9.47 Å². The molecule has 190 valence electrons. The molecule has 3 aliphatic heterocycles. The SMILES string of the molecule is C=C1N2Cc3cc(OC)cc(OC)c3[C@@H](C)C=C2C2(CCN(Cc3cn4ccsc4n3)CC2)N1CC. The van der Waals surface area contributed by atoms with Crippen LogP contribution in [-0.2, 0) is 13.1 Å². The number of rotatable bonds is 5. The topological polar surface area (TPSA) is 45.5 Å². The van der Waals surface area contributed by atoms with E-state index in [-0.39, 0.29) is 11.5 Å². The fourth-order valence-corrected chi connectivity index (χ4v) is 7.32. The van der Waals surface area contributed by atoms with Crippen molar-refractivity contribution in [2.75, 3.05) is 33.9 Å². The number of hydrogen-bond acceptors (Lipinski definition) is 7. The Labute approximate surface area is 217 Å². The van der Waals surface area contributed by atoms with Crippen LogP contribution in [0.15, 0.2) is 54.1 Å². The maximum absolute atomic E-state index is 5.82. The van der Waals surface area contributed by atoms with Crippen LogP contribution >= 0.6 is 11.3 Å². The molecule has 2 saturated heterocycles. The monoisotopic (exact) mass is 505 g/mol. The first-order valence-electron chi connectivity index (χ1n) is 12.8. The smallest absolute Gasteiger partial charge is 0.193 e. The van der Waals surface area contributed by atoms with E-state index < -0.39 is 0 Å². The number of benzene rings is 1. The minimum atomic E-state index is -0.0233. The summed E-state index contributed by atoms with van der Waals surface area (Å²) in [4.78, 5) is 13.4. The molecule has 1 aromatic carbocycles. The Kier molecular flexibility index (Phi) is 5.76. The average Bonchev–Trinajstić information content (AvgIpc) is 3.49. The normalized spacial score (nSPS) is 21.5. The zero-order valence-electron chi connectivity index (χ0n) is 21.7. The lowest BCUT2D eigenvalue weighted by atomic mass is 9.82. The molecule has 2 fully saturated rings. The van der Waals surface area contributed by atoms with Gasteiger partial charge in [-0.3, -0.25) is 9.30 Å². The van der Waals surface area contributed by atoms with Crippen molar-refractivity contribution in [3.63, 3.8) is 0 Å². The molecular weight excluding hydrogens is 470 g/mol. The van der Waals surface area contributed by atoms with Crippen molar-refractivity contribution in [2.24, 2.45) is 0 Å². The van der Waals surface area contributed by atoms with Gasteiger partial charge in [0.15, 0.2) is 4.96 Å². The predicted molar refractivity (Wildman–Crippen MR) is 143 cm³/mol. The van der Waals surface area contributed by atoms with Crippen LogP contribution in [0.1, 0.15) is 49.4 Å². The number of likely N-dealkylation sites (N-methyl/N-ethyl adjacent to an activating group) is 1. The summed E-state index contributed by atoms with van der Waals surface area (Å²) in [5.41, 5.74) is 5.03. The summed E-state index contributed by atoms with van der Waals surface area (Å²) >= 11 is 1.69. The summed E-state index contributed by atoms with van der Waals surface area (Å²) in [6, 6.07) is 4.17. The molecule has 0 unspecified atom stereocenters. The maximum Gasteiger partial charge on any atom is 0.193 e. The zero-order chi connectivity index (χ0) is 25.0. The quantitative estimate of drug-likeness (QED) is 0.483. The fourth-order valence-electron chi connectivity index (χ4n) is 6.60. The Morgan fingerprint density at radius 3 is 2.69 bits per heavy atom. The number of methoxy groups -OCH3 is 2. The molecule has 5 heterocycles.